The highest BCUT2D eigenvalue weighted by Crippen LogP contribution is 2.34. The maximum atomic E-state index is 13.5. The highest BCUT2D eigenvalue weighted by molar-refractivity contribution is 7.89. The molecule has 0 N–H and O–H groups in total. The van der Waals surface area contributed by atoms with Gasteiger partial charge < -0.3 is 9.47 Å². The summed E-state index contributed by atoms with van der Waals surface area (Å²) >= 11 is 0. The SMILES string of the molecule is COc1cc(C)c(C)cc1S(=O)(=O)N1CCN(S(=O)(=O)c2cc(C)c(C)cc2OC)C(C)C1. The first-order valence-electron chi connectivity index (χ1n) is 10.7. The molecular formula is C23H32N2O6S2. The van der Waals surface area contributed by atoms with E-state index >= 15 is 0 Å². The summed E-state index contributed by atoms with van der Waals surface area (Å²) in [6, 6.07) is 6.07. The molecule has 1 fully saturated rings. The van der Waals surface area contributed by atoms with Crippen LogP contribution >= 0.6 is 0 Å². The maximum Gasteiger partial charge on any atom is 0.247 e. The number of nitrogens with zero attached hydrogens (tertiary/aromatic N) is 2. The lowest BCUT2D eigenvalue weighted by Crippen LogP contribution is -2.55. The van der Waals surface area contributed by atoms with E-state index in [0.29, 0.717) is 0 Å². The summed E-state index contributed by atoms with van der Waals surface area (Å²) in [7, 11) is -4.89. The molecule has 1 aliphatic rings. The molecule has 182 valence electrons. The average Bonchev–Trinajstić information content (AvgIpc) is 2.76. The van der Waals surface area contributed by atoms with Crippen molar-refractivity contribution in [2.45, 2.75) is 50.5 Å². The molecule has 0 bridgehead atoms. The fourth-order valence-corrected chi connectivity index (χ4v) is 7.57. The first kappa shape index (κ1) is 25.5. The predicted molar refractivity (Wildman–Crippen MR) is 127 cm³/mol. The highest BCUT2D eigenvalue weighted by Gasteiger charge is 2.40. The number of rotatable bonds is 6. The van der Waals surface area contributed by atoms with E-state index in [4.69, 9.17) is 9.47 Å². The summed E-state index contributed by atoms with van der Waals surface area (Å²) in [5.74, 6) is 0.556. The lowest BCUT2D eigenvalue weighted by molar-refractivity contribution is 0.212. The van der Waals surface area contributed by atoms with E-state index in [1.807, 2.05) is 27.7 Å². The van der Waals surface area contributed by atoms with Gasteiger partial charge in [-0.15, -0.1) is 0 Å². The summed E-state index contributed by atoms with van der Waals surface area (Å²) in [5.41, 5.74) is 3.53. The smallest absolute Gasteiger partial charge is 0.247 e. The van der Waals surface area contributed by atoms with Gasteiger partial charge in [0.15, 0.2) is 0 Å². The van der Waals surface area contributed by atoms with E-state index in [2.05, 4.69) is 0 Å². The van der Waals surface area contributed by atoms with Gasteiger partial charge in [-0.05, 0) is 81.1 Å². The van der Waals surface area contributed by atoms with Gasteiger partial charge in [-0.1, -0.05) is 0 Å². The second kappa shape index (κ2) is 9.25. The molecule has 33 heavy (non-hydrogen) atoms. The third-order valence-electron chi connectivity index (χ3n) is 6.29. The van der Waals surface area contributed by atoms with Crippen molar-refractivity contribution in [3.63, 3.8) is 0 Å². The van der Waals surface area contributed by atoms with Crippen LogP contribution in [0.4, 0.5) is 0 Å². The van der Waals surface area contributed by atoms with Gasteiger partial charge in [0, 0.05) is 25.7 Å². The molecule has 0 aromatic heterocycles. The molecule has 1 heterocycles. The van der Waals surface area contributed by atoms with Crippen molar-refractivity contribution < 1.29 is 26.3 Å². The minimum atomic E-state index is -3.89. The number of benzene rings is 2. The van der Waals surface area contributed by atoms with Gasteiger partial charge in [0.05, 0.1) is 14.2 Å². The van der Waals surface area contributed by atoms with Gasteiger partial charge in [-0.3, -0.25) is 0 Å². The molecule has 0 saturated carbocycles. The molecule has 0 aliphatic carbocycles. The highest BCUT2D eigenvalue weighted by atomic mass is 32.2. The van der Waals surface area contributed by atoms with Gasteiger partial charge in [0.1, 0.15) is 21.3 Å². The molecule has 0 spiro atoms. The van der Waals surface area contributed by atoms with Crippen LogP contribution < -0.4 is 9.47 Å². The molecule has 10 heteroatoms. The van der Waals surface area contributed by atoms with Crippen molar-refractivity contribution in [1.29, 1.82) is 0 Å². The Kier molecular flexibility index (Phi) is 7.14. The Morgan fingerprint density at radius 3 is 1.58 bits per heavy atom. The van der Waals surface area contributed by atoms with Crippen molar-refractivity contribution in [3.8, 4) is 11.5 Å². The van der Waals surface area contributed by atoms with E-state index in [0.717, 1.165) is 22.3 Å². The Morgan fingerprint density at radius 1 is 0.727 bits per heavy atom. The van der Waals surface area contributed by atoms with Gasteiger partial charge in [0.2, 0.25) is 20.0 Å². The van der Waals surface area contributed by atoms with Crippen molar-refractivity contribution in [1.82, 2.24) is 8.61 Å². The van der Waals surface area contributed by atoms with Crippen molar-refractivity contribution >= 4 is 20.0 Å². The quantitative estimate of drug-likeness (QED) is 0.610. The van der Waals surface area contributed by atoms with Crippen LogP contribution in [0.15, 0.2) is 34.1 Å². The summed E-state index contributed by atoms with van der Waals surface area (Å²) in [6.45, 7) is 9.29. The van der Waals surface area contributed by atoms with Crippen LogP contribution in [0.5, 0.6) is 11.5 Å². The van der Waals surface area contributed by atoms with Crippen LogP contribution in [0, 0.1) is 27.7 Å². The summed E-state index contributed by atoms with van der Waals surface area (Å²) in [4.78, 5) is 0.180. The van der Waals surface area contributed by atoms with Gasteiger partial charge in [-0.2, -0.15) is 8.61 Å². The Bertz CT molecular complexity index is 1270. The summed E-state index contributed by atoms with van der Waals surface area (Å²) < 4.78 is 67.3. The van der Waals surface area contributed by atoms with Crippen LogP contribution in [0.3, 0.4) is 0 Å². The summed E-state index contributed by atoms with van der Waals surface area (Å²) in [5, 5.41) is 0. The second-order valence-electron chi connectivity index (χ2n) is 8.50. The number of hydrogen-bond donors (Lipinski definition) is 0. The van der Waals surface area contributed by atoms with Crippen LogP contribution in [0.25, 0.3) is 0 Å². The zero-order valence-electron chi connectivity index (χ0n) is 20.2. The fourth-order valence-electron chi connectivity index (χ4n) is 4.00. The Hall–Kier alpha value is -2.14. The molecule has 2 aromatic rings. The molecule has 1 aliphatic heterocycles. The standard InChI is InChI=1S/C23H32N2O6S2/c1-15-10-20(30-6)22(12-17(15)3)32(26,27)24-8-9-25(19(5)14-24)33(28,29)23-13-18(4)16(2)11-21(23)31-7/h10-13,19H,8-9,14H2,1-7H3. The molecule has 0 amide bonds. The molecule has 1 saturated heterocycles. The summed E-state index contributed by atoms with van der Waals surface area (Å²) in [6.07, 6.45) is 0. The van der Waals surface area contributed by atoms with Gasteiger partial charge in [0.25, 0.3) is 0 Å². The first-order chi connectivity index (χ1) is 15.3. The van der Waals surface area contributed by atoms with Crippen LogP contribution in [0.1, 0.15) is 29.2 Å². The first-order valence-corrected chi connectivity index (χ1v) is 13.5. The molecule has 1 unspecified atom stereocenters. The topological polar surface area (TPSA) is 93.2 Å². The average molecular weight is 497 g/mol. The zero-order valence-corrected chi connectivity index (χ0v) is 21.8. The Labute approximate surface area is 197 Å². The van der Waals surface area contributed by atoms with Crippen LogP contribution in [-0.2, 0) is 20.0 Å². The number of hydrogen-bond acceptors (Lipinski definition) is 6. The minimum absolute atomic E-state index is 0.0325. The predicted octanol–water partition coefficient (Wildman–Crippen LogP) is 3.02. The van der Waals surface area contributed by atoms with E-state index in [9.17, 15) is 16.8 Å². The third-order valence-corrected chi connectivity index (χ3v) is 10.2. The number of ether oxygens (including phenoxy) is 2. The van der Waals surface area contributed by atoms with Crippen LogP contribution in [0.2, 0.25) is 0 Å². The minimum Gasteiger partial charge on any atom is -0.495 e. The molecule has 1 atom stereocenters. The largest absolute Gasteiger partial charge is 0.495 e. The van der Waals surface area contributed by atoms with Crippen molar-refractivity contribution in [2.75, 3.05) is 33.9 Å². The monoisotopic (exact) mass is 496 g/mol. The molecule has 0 radical (unpaired) electrons. The number of piperazine rings is 1. The van der Waals surface area contributed by atoms with E-state index in [1.165, 1.54) is 22.8 Å². The van der Waals surface area contributed by atoms with Crippen LogP contribution in [-0.4, -0.2) is 65.3 Å². The van der Waals surface area contributed by atoms with Gasteiger partial charge in [-0.25, -0.2) is 16.8 Å². The Morgan fingerprint density at radius 2 is 1.15 bits per heavy atom. The van der Waals surface area contributed by atoms with E-state index in [1.54, 1.807) is 31.2 Å². The molecule has 3 rings (SSSR count). The van der Waals surface area contributed by atoms with Crippen molar-refractivity contribution in [2.24, 2.45) is 0 Å². The third kappa shape index (κ3) is 4.62. The van der Waals surface area contributed by atoms with E-state index in [-0.39, 0.29) is 40.9 Å². The van der Waals surface area contributed by atoms with E-state index < -0.39 is 26.1 Å². The second-order valence-corrected chi connectivity index (χ2v) is 12.3. The zero-order chi connectivity index (χ0) is 24.7. The molecule has 8 nitrogen and oxygen atoms in total. The van der Waals surface area contributed by atoms with Crippen molar-refractivity contribution in [3.05, 3.63) is 46.5 Å². The number of methoxy groups -OCH3 is 2. The number of sulfonamides is 2. The lowest BCUT2D eigenvalue weighted by Gasteiger charge is -2.38. The fraction of sp³-hybridized carbons (Fsp3) is 0.478. The lowest BCUT2D eigenvalue weighted by atomic mass is 10.1. The Balaban J connectivity index is 1.93. The molecule has 2 aromatic carbocycles. The number of aryl methyl sites for hydroxylation is 4. The normalized spacial score (nSPS) is 18.3. The van der Waals surface area contributed by atoms with Gasteiger partial charge >= 0.3 is 0 Å². The maximum absolute atomic E-state index is 13.5. The molecular weight excluding hydrogens is 464 g/mol.